The molecule has 0 heterocycles. The Morgan fingerprint density at radius 2 is 2.07 bits per heavy atom. The van der Waals surface area contributed by atoms with E-state index in [4.69, 9.17) is 5.41 Å². The first kappa shape index (κ1) is 11.4. The van der Waals surface area contributed by atoms with Gasteiger partial charge in [-0.25, -0.2) is 0 Å². The lowest BCUT2D eigenvalue weighted by atomic mass is 10.0. The number of halogens is 3. The fourth-order valence-corrected chi connectivity index (χ4v) is 1.08. The van der Waals surface area contributed by atoms with E-state index in [1.54, 1.807) is 0 Å². The zero-order chi connectivity index (χ0) is 11.5. The van der Waals surface area contributed by atoms with Crippen LogP contribution in [0.3, 0.4) is 0 Å². The van der Waals surface area contributed by atoms with Crippen LogP contribution in [0.5, 0.6) is 0 Å². The molecule has 1 aromatic carbocycles. The Kier molecular flexibility index (Phi) is 3.24. The van der Waals surface area contributed by atoms with Gasteiger partial charge >= 0.3 is 6.18 Å². The molecule has 0 saturated carbocycles. The molecular weight excluding hydrogens is 207 g/mol. The van der Waals surface area contributed by atoms with Gasteiger partial charge in [0.2, 0.25) is 0 Å². The summed E-state index contributed by atoms with van der Waals surface area (Å²) in [7, 11) is 0. The maximum Gasteiger partial charge on any atom is 0.416 e. The number of benzene rings is 1. The van der Waals surface area contributed by atoms with E-state index in [-0.39, 0.29) is 17.7 Å². The van der Waals surface area contributed by atoms with E-state index in [1.165, 1.54) is 12.1 Å². The van der Waals surface area contributed by atoms with Gasteiger partial charge in [0.05, 0.1) is 5.56 Å². The number of aldehydes is 1. The van der Waals surface area contributed by atoms with Crippen LogP contribution in [0.25, 0.3) is 0 Å². The summed E-state index contributed by atoms with van der Waals surface area (Å²) in [5.41, 5.74) is -0.802. The summed E-state index contributed by atoms with van der Waals surface area (Å²) in [6, 6.07) is 4.39. The van der Waals surface area contributed by atoms with Gasteiger partial charge in [0.15, 0.2) is 0 Å². The van der Waals surface area contributed by atoms with Crippen molar-refractivity contribution in [1.82, 2.24) is 0 Å². The van der Waals surface area contributed by atoms with Crippen LogP contribution in [-0.4, -0.2) is 12.0 Å². The van der Waals surface area contributed by atoms with Gasteiger partial charge in [0, 0.05) is 12.1 Å². The predicted octanol–water partition coefficient (Wildman–Crippen LogP) is 2.66. The molecule has 1 rings (SSSR count). The highest BCUT2D eigenvalue weighted by atomic mass is 19.4. The highest BCUT2D eigenvalue weighted by molar-refractivity contribution is 6.04. The van der Waals surface area contributed by atoms with Crippen molar-refractivity contribution in [3.8, 4) is 0 Å². The minimum Gasteiger partial charge on any atom is -0.304 e. The molecule has 0 bridgehead atoms. The summed E-state index contributed by atoms with van der Waals surface area (Å²) in [6.45, 7) is 0. The molecule has 0 unspecified atom stereocenters. The molecule has 0 spiro atoms. The van der Waals surface area contributed by atoms with E-state index >= 15 is 0 Å². The third kappa shape index (κ3) is 2.90. The van der Waals surface area contributed by atoms with E-state index in [2.05, 4.69) is 0 Å². The minimum absolute atomic E-state index is 0.115. The number of nitrogens with one attached hydrogen (secondary N) is 1. The van der Waals surface area contributed by atoms with Gasteiger partial charge in [-0.05, 0) is 17.7 Å². The zero-order valence-electron chi connectivity index (χ0n) is 7.64. The molecule has 2 nitrogen and oxygen atoms in total. The van der Waals surface area contributed by atoms with Gasteiger partial charge in [0.25, 0.3) is 0 Å². The molecular formula is C10H8F3NO. The Labute approximate surface area is 84.2 Å². The van der Waals surface area contributed by atoms with Crippen molar-refractivity contribution in [1.29, 1.82) is 5.41 Å². The SMILES string of the molecule is N=C(CC=O)c1cccc(C(F)(F)F)c1. The van der Waals surface area contributed by atoms with Crippen LogP contribution in [0.1, 0.15) is 17.5 Å². The van der Waals surface area contributed by atoms with Crippen molar-refractivity contribution in [3.05, 3.63) is 35.4 Å². The number of hydrogen-bond acceptors (Lipinski definition) is 2. The summed E-state index contributed by atoms with van der Waals surface area (Å²) in [6.07, 6.45) is -4.11. The molecule has 0 aliphatic carbocycles. The van der Waals surface area contributed by atoms with Crippen molar-refractivity contribution >= 4 is 12.0 Å². The maximum absolute atomic E-state index is 12.3. The first-order valence-corrected chi connectivity index (χ1v) is 4.14. The zero-order valence-corrected chi connectivity index (χ0v) is 7.64. The first-order valence-electron chi connectivity index (χ1n) is 4.14. The molecule has 1 aromatic rings. The van der Waals surface area contributed by atoms with E-state index in [9.17, 15) is 18.0 Å². The van der Waals surface area contributed by atoms with Gasteiger partial charge in [-0.3, -0.25) is 0 Å². The highest BCUT2D eigenvalue weighted by Gasteiger charge is 2.30. The fraction of sp³-hybridized carbons (Fsp3) is 0.200. The molecule has 15 heavy (non-hydrogen) atoms. The van der Waals surface area contributed by atoms with Gasteiger partial charge in [-0.2, -0.15) is 13.2 Å². The van der Waals surface area contributed by atoms with Crippen LogP contribution in [0.15, 0.2) is 24.3 Å². The van der Waals surface area contributed by atoms with Crippen LogP contribution in [0, 0.1) is 5.41 Å². The second kappa shape index (κ2) is 4.25. The summed E-state index contributed by atoms with van der Waals surface area (Å²) in [5, 5.41) is 7.33. The van der Waals surface area contributed by atoms with Crippen molar-refractivity contribution < 1.29 is 18.0 Å². The smallest absolute Gasteiger partial charge is 0.304 e. The van der Waals surface area contributed by atoms with Gasteiger partial charge in [0.1, 0.15) is 6.29 Å². The summed E-state index contributed by atoms with van der Waals surface area (Å²) >= 11 is 0. The van der Waals surface area contributed by atoms with Crippen molar-refractivity contribution in [2.45, 2.75) is 12.6 Å². The average Bonchev–Trinajstić information content (AvgIpc) is 2.17. The first-order chi connectivity index (χ1) is 6.95. The topological polar surface area (TPSA) is 40.9 Å². The Balaban J connectivity index is 3.03. The molecule has 0 radical (unpaired) electrons. The molecule has 0 amide bonds. The number of hydrogen-bond donors (Lipinski definition) is 1. The lowest BCUT2D eigenvalue weighted by Gasteiger charge is -2.08. The highest BCUT2D eigenvalue weighted by Crippen LogP contribution is 2.29. The molecule has 0 aliphatic heterocycles. The second-order valence-electron chi connectivity index (χ2n) is 2.93. The lowest BCUT2D eigenvalue weighted by Crippen LogP contribution is -2.07. The molecule has 5 heteroatoms. The number of carbonyl (C=O) groups excluding carboxylic acids is 1. The van der Waals surface area contributed by atoms with E-state index in [1.807, 2.05) is 0 Å². The third-order valence-corrected chi connectivity index (χ3v) is 1.83. The molecule has 80 valence electrons. The summed E-state index contributed by atoms with van der Waals surface area (Å²) in [5.74, 6) is 0. The van der Waals surface area contributed by atoms with E-state index < -0.39 is 11.7 Å². The van der Waals surface area contributed by atoms with Crippen LogP contribution < -0.4 is 0 Å². The minimum atomic E-state index is -4.42. The Bertz CT molecular complexity index is 384. The molecule has 0 aliphatic rings. The average molecular weight is 215 g/mol. The molecule has 1 N–H and O–H groups in total. The molecule has 0 aromatic heterocycles. The third-order valence-electron chi connectivity index (χ3n) is 1.83. The Morgan fingerprint density at radius 1 is 1.40 bits per heavy atom. The standard InChI is InChI=1S/C10H8F3NO/c11-10(12,13)8-3-1-2-7(6-8)9(14)4-5-15/h1-3,5-6,14H,4H2. The number of carbonyl (C=O) groups is 1. The van der Waals surface area contributed by atoms with E-state index in [0.29, 0.717) is 6.29 Å². The molecule has 0 atom stereocenters. The number of rotatable bonds is 3. The van der Waals surface area contributed by atoms with Crippen LogP contribution in [0.2, 0.25) is 0 Å². The monoisotopic (exact) mass is 215 g/mol. The van der Waals surface area contributed by atoms with Gasteiger partial charge in [-0.1, -0.05) is 12.1 Å². The van der Waals surface area contributed by atoms with Gasteiger partial charge < -0.3 is 10.2 Å². The predicted molar refractivity (Wildman–Crippen MR) is 49.0 cm³/mol. The van der Waals surface area contributed by atoms with Crippen LogP contribution in [-0.2, 0) is 11.0 Å². The van der Waals surface area contributed by atoms with Gasteiger partial charge in [-0.15, -0.1) is 0 Å². The van der Waals surface area contributed by atoms with Crippen LogP contribution in [0.4, 0.5) is 13.2 Å². The summed E-state index contributed by atoms with van der Waals surface area (Å²) in [4.78, 5) is 10.1. The Morgan fingerprint density at radius 3 is 2.60 bits per heavy atom. The fourth-order valence-electron chi connectivity index (χ4n) is 1.08. The van der Waals surface area contributed by atoms with E-state index in [0.717, 1.165) is 12.1 Å². The second-order valence-corrected chi connectivity index (χ2v) is 2.93. The molecule has 0 saturated heterocycles. The van der Waals surface area contributed by atoms with Crippen molar-refractivity contribution in [2.24, 2.45) is 0 Å². The maximum atomic E-state index is 12.3. The van der Waals surface area contributed by atoms with Crippen LogP contribution >= 0.6 is 0 Å². The molecule has 0 fully saturated rings. The van der Waals surface area contributed by atoms with Crippen molar-refractivity contribution in [2.75, 3.05) is 0 Å². The normalized spacial score (nSPS) is 11.1. The Hall–Kier alpha value is -1.65. The quantitative estimate of drug-likeness (QED) is 0.611. The largest absolute Gasteiger partial charge is 0.416 e. The lowest BCUT2D eigenvalue weighted by molar-refractivity contribution is -0.137. The van der Waals surface area contributed by atoms with Crippen molar-refractivity contribution in [3.63, 3.8) is 0 Å². The number of alkyl halides is 3. The summed E-state index contributed by atoms with van der Waals surface area (Å²) < 4.78 is 36.8.